The molecule has 0 amide bonds. The number of rotatable bonds is 3. The van der Waals surface area contributed by atoms with E-state index >= 15 is 0 Å². The molecule has 0 saturated carbocycles. The topological polar surface area (TPSA) is 24.3 Å². The van der Waals surface area contributed by atoms with Gasteiger partial charge in [-0.1, -0.05) is 13.3 Å². The van der Waals surface area contributed by atoms with E-state index in [1.807, 2.05) is 12.5 Å². The molecular formula is C18H34N4. The fraction of sp³-hybridized carbons (Fsp3) is 0.833. The monoisotopic (exact) mass is 306 g/mol. The van der Waals surface area contributed by atoms with Gasteiger partial charge in [-0.25, -0.2) is 4.98 Å². The third kappa shape index (κ3) is 6.09. The molecule has 2 fully saturated rings. The molecule has 0 unspecified atom stereocenters. The molecule has 4 nitrogen and oxygen atoms in total. The van der Waals surface area contributed by atoms with Gasteiger partial charge in [0, 0.05) is 18.9 Å². The molecule has 1 aromatic rings. The lowest BCUT2D eigenvalue weighted by molar-refractivity contribution is 0.205. The van der Waals surface area contributed by atoms with Gasteiger partial charge >= 0.3 is 0 Å². The van der Waals surface area contributed by atoms with Crippen LogP contribution >= 0.6 is 0 Å². The normalized spacial score (nSPS) is 22.3. The Balaban J connectivity index is 0.000000172. The quantitative estimate of drug-likeness (QED) is 0.858. The molecule has 0 aromatic carbocycles. The van der Waals surface area contributed by atoms with E-state index in [0.717, 1.165) is 18.4 Å². The largest absolute Gasteiger partial charge is 0.337 e. The summed E-state index contributed by atoms with van der Waals surface area (Å²) in [7, 11) is 4.42. The summed E-state index contributed by atoms with van der Waals surface area (Å²) in [6, 6.07) is 0. The number of likely N-dealkylation sites (tertiary alicyclic amines) is 2. The maximum absolute atomic E-state index is 4.06. The van der Waals surface area contributed by atoms with Crippen LogP contribution in [0.3, 0.4) is 0 Å². The Morgan fingerprint density at radius 2 is 1.45 bits per heavy atom. The van der Waals surface area contributed by atoms with E-state index < -0.39 is 0 Å². The van der Waals surface area contributed by atoms with Crippen molar-refractivity contribution in [3.63, 3.8) is 0 Å². The lowest BCUT2D eigenvalue weighted by Crippen LogP contribution is -2.31. The molecule has 0 N–H and O–H groups in total. The van der Waals surface area contributed by atoms with Crippen molar-refractivity contribution in [3.8, 4) is 0 Å². The van der Waals surface area contributed by atoms with Gasteiger partial charge in [-0.15, -0.1) is 0 Å². The molecule has 3 heterocycles. The lowest BCUT2D eigenvalue weighted by atomic mass is 9.95. The molecule has 126 valence electrons. The van der Waals surface area contributed by atoms with Gasteiger partial charge in [-0.05, 0) is 77.8 Å². The summed E-state index contributed by atoms with van der Waals surface area (Å²) in [6.45, 7) is 8.58. The van der Waals surface area contributed by atoms with Crippen molar-refractivity contribution in [2.45, 2.75) is 45.6 Å². The fourth-order valence-electron chi connectivity index (χ4n) is 3.41. The molecule has 22 heavy (non-hydrogen) atoms. The van der Waals surface area contributed by atoms with Crippen LogP contribution in [0, 0.1) is 11.8 Å². The summed E-state index contributed by atoms with van der Waals surface area (Å²) >= 11 is 0. The van der Waals surface area contributed by atoms with Gasteiger partial charge in [0.2, 0.25) is 0 Å². The van der Waals surface area contributed by atoms with Gasteiger partial charge in [0.25, 0.3) is 0 Å². The van der Waals surface area contributed by atoms with Crippen molar-refractivity contribution >= 4 is 0 Å². The molecular weight excluding hydrogens is 272 g/mol. The summed E-state index contributed by atoms with van der Waals surface area (Å²) in [5.74, 6) is 1.88. The predicted molar refractivity (Wildman–Crippen MR) is 93.0 cm³/mol. The van der Waals surface area contributed by atoms with Gasteiger partial charge in [0.15, 0.2) is 0 Å². The van der Waals surface area contributed by atoms with Gasteiger partial charge in [0.05, 0.1) is 6.33 Å². The first kappa shape index (κ1) is 17.5. The van der Waals surface area contributed by atoms with Crippen molar-refractivity contribution in [2.24, 2.45) is 11.8 Å². The van der Waals surface area contributed by atoms with Gasteiger partial charge in [-0.2, -0.15) is 0 Å². The van der Waals surface area contributed by atoms with Gasteiger partial charge in [-0.3, -0.25) is 0 Å². The number of aromatic nitrogens is 2. The Bertz CT molecular complexity index is 374. The Kier molecular flexibility index (Phi) is 7.40. The zero-order chi connectivity index (χ0) is 15.8. The smallest absolute Gasteiger partial charge is 0.0945 e. The van der Waals surface area contributed by atoms with Crippen molar-refractivity contribution < 1.29 is 0 Å². The first-order chi connectivity index (χ1) is 10.7. The standard InChI is InChI=1S/C10H17N3.C8H17N/c1-12-5-2-10(3-6-12)8-13-7-4-11-9-13;1-3-8-4-6-9(2)7-5-8/h4,7,9-10H,2-3,5-6,8H2,1H3;8H,3-7H2,1-2H3. The highest BCUT2D eigenvalue weighted by Gasteiger charge is 2.16. The van der Waals surface area contributed by atoms with Crippen LogP contribution in [-0.2, 0) is 6.54 Å². The van der Waals surface area contributed by atoms with Crippen LogP contribution in [0.2, 0.25) is 0 Å². The maximum atomic E-state index is 4.06. The summed E-state index contributed by atoms with van der Waals surface area (Å²) in [5.41, 5.74) is 0. The van der Waals surface area contributed by atoms with E-state index in [9.17, 15) is 0 Å². The highest BCUT2D eigenvalue weighted by atomic mass is 15.1. The SMILES string of the molecule is CCC1CCN(C)CC1.CN1CCC(Cn2ccnc2)CC1. The number of imidazole rings is 1. The molecule has 0 bridgehead atoms. The van der Waals surface area contributed by atoms with E-state index in [4.69, 9.17) is 0 Å². The van der Waals surface area contributed by atoms with Gasteiger partial charge in [0.1, 0.15) is 0 Å². The Morgan fingerprint density at radius 1 is 0.909 bits per heavy atom. The van der Waals surface area contributed by atoms with Crippen LogP contribution in [0.1, 0.15) is 39.0 Å². The molecule has 2 saturated heterocycles. The molecule has 2 aliphatic heterocycles. The number of piperidine rings is 2. The van der Waals surface area contributed by atoms with Crippen LogP contribution < -0.4 is 0 Å². The average Bonchev–Trinajstić information content (AvgIpc) is 3.04. The van der Waals surface area contributed by atoms with Gasteiger partial charge < -0.3 is 14.4 Å². The summed E-state index contributed by atoms with van der Waals surface area (Å²) in [4.78, 5) is 8.89. The lowest BCUT2D eigenvalue weighted by Gasteiger charge is -2.28. The van der Waals surface area contributed by atoms with E-state index in [-0.39, 0.29) is 0 Å². The highest BCUT2D eigenvalue weighted by Crippen LogP contribution is 2.18. The molecule has 3 rings (SSSR count). The molecule has 2 aliphatic rings. The second-order valence-corrected chi connectivity index (χ2v) is 7.16. The third-order valence-corrected chi connectivity index (χ3v) is 5.28. The molecule has 1 aromatic heterocycles. The summed E-state index contributed by atoms with van der Waals surface area (Å²) in [6.07, 6.45) is 12.7. The minimum absolute atomic E-state index is 0.852. The van der Waals surface area contributed by atoms with E-state index in [0.29, 0.717) is 0 Å². The van der Waals surface area contributed by atoms with Crippen LogP contribution in [0.15, 0.2) is 18.7 Å². The van der Waals surface area contributed by atoms with E-state index in [1.54, 1.807) is 0 Å². The Hall–Kier alpha value is -0.870. The fourth-order valence-corrected chi connectivity index (χ4v) is 3.41. The maximum Gasteiger partial charge on any atom is 0.0945 e. The zero-order valence-corrected chi connectivity index (χ0v) is 14.7. The highest BCUT2D eigenvalue weighted by molar-refractivity contribution is 4.78. The number of hydrogen-bond acceptors (Lipinski definition) is 3. The van der Waals surface area contributed by atoms with Crippen molar-refractivity contribution in [1.29, 1.82) is 0 Å². The van der Waals surface area contributed by atoms with Crippen molar-refractivity contribution in [1.82, 2.24) is 19.4 Å². The first-order valence-corrected chi connectivity index (χ1v) is 9.00. The summed E-state index contributed by atoms with van der Waals surface area (Å²) < 4.78 is 2.19. The molecule has 0 aliphatic carbocycles. The zero-order valence-electron chi connectivity index (χ0n) is 14.7. The van der Waals surface area contributed by atoms with Crippen LogP contribution in [0.4, 0.5) is 0 Å². The van der Waals surface area contributed by atoms with Crippen LogP contribution in [0.25, 0.3) is 0 Å². The van der Waals surface area contributed by atoms with Crippen LogP contribution in [0.5, 0.6) is 0 Å². The first-order valence-electron chi connectivity index (χ1n) is 9.00. The molecule has 0 spiro atoms. The molecule has 4 heteroatoms. The second kappa shape index (κ2) is 9.31. The van der Waals surface area contributed by atoms with E-state index in [2.05, 4.69) is 46.6 Å². The third-order valence-electron chi connectivity index (χ3n) is 5.28. The number of nitrogens with zero attached hydrogens (tertiary/aromatic N) is 4. The number of hydrogen-bond donors (Lipinski definition) is 0. The molecule has 0 atom stereocenters. The predicted octanol–water partition coefficient (Wildman–Crippen LogP) is 2.96. The van der Waals surface area contributed by atoms with Crippen LogP contribution in [-0.4, -0.2) is 59.6 Å². The van der Waals surface area contributed by atoms with Crippen molar-refractivity contribution in [2.75, 3.05) is 40.3 Å². The Morgan fingerprint density at radius 3 is 1.91 bits per heavy atom. The van der Waals surface area contributed by atoms with E-state index in [1.165, 1.54) is 58.3 Å². The Labute approximate surface area is 136 Å². The average molecular weight is 306 g/mol. The molecule has 0 radical (unpaired) electrons. The minimum Gasteiger partial charge on any atom is -0.337 e. The second-order valence-electron chi connectivity index (χ2n) is 7.16. The van der Waals surface area contributed by atoms with Crippen molar-refractivity contribution in [3.05, 3.63) is 18.7 Å². The summed E-state index contributed by atoms with van der Waals surface area (Å²) in [5, 5.41) is 0. The minimum atomic E-state index is 0.852.